The van der Waals surface area contributed by atoms with Crippen LogP contribution in [0.4, 0.5) is 13.6 Å². The Morgan fingerprint density at radius 3 is 2.43 bits per heavy atom. The van der Waals surface area contributed by atoms with Crippen molar-refractivity contribution in [1.82, 2.24) is 10.6 Å². The predicted octanol–water partition coefficient (Wildman–Crippen LogP) is 2.30. The van der Waals surface area contributed by atoms with Gasteiger partial charge in [0.15, 0.2) is 0 Å². The minimum absolute atomic E-state index is 0.276. The Hall–Kier alpha value is -2.18. The fraction of sp³-hybridized carbons (Fsp3) is 0.500. The van der Waals surface area contributed by atoms with Crippen LogP contribution < -0.4 is 16.4 Å². The average molecular weight is 325 g/mol. The molecule has 1 unspecified atom stereocenters. The highest BCUT2D eigenvalue weighted by atomic mass is 19.1. The first kappa shape index (κ1) is 17.2. The Balaban J connectivity index is 2.29. The number of rotatable bonds is 4. The molecule has 2 rings (SSSR count). The molecule has 7 heteroatoms. The van der Waals surface area contributed by atoms with E-state index < -0.39 is 35.2 Å². The van der Waals surface area contributed by atoms with Crippen LogP contribution in [0, 0.1) is 11.6 Å². The van der Waals surface area contributed by atoms with Gasteiger partial charge in [-0.3, -0.25) is 4.79 Å². The lowest BCUT2D eigenvalue weighted by atomic mass is 9.76. The Morgan fingerprint density at radius 2 is 1.87 bits per heavy atom. The lowest BCUT2D eigenvalue weighted by Crippen LogP contribution is -2.54. The monoisotopic (exact) mass is 325 g/mol. The van der Waals surface area contributed by atoms with Crippen molar-refractivity contribution in [3.05, 3.63) is 35.4 Å². The molecular formula is C16H21F2N3O2. The maximum Gasteiger partial charge on any atom is 0.312 e. The highest BCUT2D eigenvalue weighted by molar-refractivity contribution is 5.86. The van der Waals surface area contributed by atoms with Crippen LogP contribution in [0.2, 0.25) is 0 Å². The van der Waals surface area contributed by atoms with E-state index >= 15 is 0 Å². The topological polar surface area (TPSA) is 84.2 Å². The molecule has 23 heavy (non-hydrogen) atoms. The van der Waals surface area contributed by atoms with E-state index in [1.807, 2.05) is 0 Å². The molecule has 0 aromatic heterocycles. The number of nitrogens with one attached hydrogen (secondary N) is 2. The van der Waals surface area contributed by atoms with Crippen LogP contribution in [0.25, 0.3) is 0 Å². The molecule has 0 aliphatic heterocycles. The minimum Gasteiger partial charge on any atom is -0.352 e. The number of primary amides is 1. The van der Waals surface area contributed by atoms with Gasteiger partial charge in [-0.2, -0.15) is 0 Å². The number of halogens is 2. The van der Waals surface area contributed by atoms with Gasteiger partial charge in [0.05, 0.1) is 5.54 Å². The number of carbonyl (C=O) groups is 2. The smallest absolute Gasteiger partial charge is 0.312 e. The number of nitrogens with two attached hydrogens (primary N) is 1. The Bertz CT molecular complexity index is 601. The first-order valence-electron chi connectivity index (χ1n) is 7.67. The highest BCUT2D eigenvalue weighted by Crippen LogP contribution is 2.38. The number of carbonyl (C=O) groups excluding carboxylic acids is 2. The van der Waals surface area contributed by atoms with E-state index in [0.29, 0.717) is 12.8 Å². The molecule has 1 fully saturated rings. The van der Waals surface area contributed by atoms with Crippen molar-refractivity contribution in [1.29, 1.82) is 0 Å². The number of benzene rings is 1. The van der Waals surface area contributed by atoms with Gasteiger partial charge in [-0.25, -0.2) is 13.6 Å². The fourth-order valence-electron chi connectivity index (χ4n) is 3.12. The molecule has 0 bridgehead atoms. The Labute approximate surface area is 133 Å². The zero-order valence-corrected chi connectivity index (χ0v) is 13.0. The van der Waals surface area contributed by atoms with Gasteiger partial charge in [-0.1, -0.05) is 25.3 Å². The summed E-state index contributed by atoms with van der Waals surface area (Å²) in [5.74, 6) is -1.79. The molecule has 1 aliphatic carbocycles. The molecule has 0 spiro atoms. The second-order valence-corrected chi connectivity index (χ2v) is 5.99. The van der Waals surface area contributed by atoms with E-state index in [0.717, 1.165) is 25.3 Å². The molecule has 0 saturated heterocycles. The number of hydrogen-bond acceptors (Lipinski definition) is 2. The maximum atomic E-state index is 14.3. The van der Waals surface area contributed by atoms with Crippen molar-refractivity contribution in [2.75, 3.05) is 0 Å². The van der Waals surface area contributed by atoms with Crippen LogP contribution in [0.15, 0.2) is 18.2 Å². The van der Waals surface area contributed by atoms with Gasteiger partial charge in [-0.15, -0.1) is 0 Å². The molecule has 1 aromatic rings. The SMILES string of the molecule is CC(NC(N)=O)C(=O)NC1(c2ccc(F)cc2F)CCCCC1. The van der Waals surface area contributed by atoms with Gasteiger partial charge < -0.3 is 16.4 Å². The zero-order valence-electron chi connectivity index (χ0n) is 13.0. The van der Waals surface area contributed by atoms with Crippen LogP contribution in [0.3, 0.4) is 0 Å². The molecule has 1 aromatic carbocycles. The van der Waals surface area contributed by atoms with Crippen LogP contribution in [-0.4, -0.2) is 18.0 Å². The number of hydrogen-bond donors (Lipinski definition) is 3. The summed E-state index contributed by atoms with van der Waals surface area (Å²) in [7, 11) is 0. The second-order valence-electron chi connectivity index (χ2n) is 5.99. The molecule has 1 saturated carbocycles. The predicted molar refractivity (Wildman–Crippen MR) is 81.4 cm³/mol. The molecule has 0 heterocycles. The summed E-state index contributed by atoms with van der Waals surface area (Å²) in [6.45, 7) is 1.50. The third-order valence-electron chi connectivity index (χ3n) is 4.27. The van der Waals surface area contributed by atoms with E-state index in [9.17, 15) is 18.4 Å². The summed E-state index contributed by atoms with van der Waals surface area (Å²) < 4.78 is 27.4. The van der Waals surface area contributed by atoms with Gasteiger partial charge in [0.25, 0.3) is 0 Å². The van der Waals surface area contributed by atoms with E-state index in [1.165, 1.54) is 19.1 Å². The molecule has 4 N–H and O–H groups in total. The molecule has 5 nitrogen and oxygen atoms in total. The van der Waals surface area contributed by atoms with E-state index in [4.69, 9.17) is 5.73 Å². The van der Waals surface area contributed by atoms with Crippen molar-refractivity contribution in [3.8, 4) is 0 Å². The standard InChI is InChI=1S/C16H21F2N3O2/c1-10(20-15(19)23)14(22)21-16(7-3-2-4-8-16)12-6-5-11(17)9-13(12)18/h5-6,9-10H,2-4,7-8H2,1H3,(H,21,22)(H3,19,20,23). The normalized spacial score (nSPS) is 18.0. The summed E-state index contributed by atoms with van der Waals surface area (Å²) in [5, 5.41) is 5.14. The lowest BCUT2D eigenvalue weighted by Gasteiger charge is -2.39. The first-order chi connectivity index (χ1) is 10.8. The van der Waals surface area contributed by atoms with Crippen LogP contribution >= 0.6 is 0 Å². The summed E-state index contributed by atoms with van der Waals surface area (Å²) in [5.41, 5.74) is 4.41. The molecule has 3 amide bonds. The number of amides is 3. The molecule has 0 radical (unpaired) electrons. The van der Waals surface area contributed by atoms with Gasteiger partial charge in [0, 0.05) is 11.6 Å². The summed E-state index contributed by atoms with van der Waals surface area (Å²) in [6, 6.07) is 1.74. The van der Waals surface area contributed by atoms with Crippen LogP contribution in [0.1, 0.15) is 44.6 Å². The highest BCUT2D eigenvalue weighted by Gasteiger charge is 2.38. The quantitative estimate of drug-likeness (QED) is 0.793. The number of urea groups is 1. The zero-order chi connectivity index (χ0) is 17.0. The van der Waals surface area contributed by atoms with E-state index in [-0.39, 0.29) is 5.56 Å². The lowest BCUT2D eigenvalue weighted by molar-refractivity contribution is -0.125. The summed E-state index contributed by atoms with van der Waals surface area (Å²) in [6.07, 6.45) is 3.77. The summed E-state index contributed by atoms with van der Waals surface area (Å²) >= 11 is 0. The largest absolute Gasteiger partial charge is 0.352 e. The third kappa shape index (κ3) is 3.97. The average Bonchev–Trinajstić information content (AvgIpc) is 2.47. The van der Waals surface area contributed by atoms with Crippen LogP contribution in [-0.2, 0) is 10.3 Å². The van der Waals surface area contributed by atoms with Crippen molar-refractivity contribution < 1.29 is 18.4 Å². The minimum atomic E-state index is -0.888. The molecule has 126 valence electrons. The Morgan fingerprint density at radius 1 is 1.22 bits per heavy atom. The molecule has 1 aliphatic rings. The Kier molecular flexibility index (Phi) is 5.18. The molecule has 1 atom stereocenters. The van der Waals surface area contributed by atoms with Crippen molar-refractivity contribution in [2.24, 2.45) is 5.73 Å². The second kappa shape index (κ2) is 6.93. The van der Waals surface area contributed by atoms with Gasteiger partial charge in [0.2, 0.25) is 5.91 Å². The summed E-state index contributed by atoms with van der Waals surface area (Å²) in [4.78, 5) is 23.2. The van der Waals surface area contributed by atoms with Gasteiger partial charge >= 0.3 is 6.03 Å². The third-order valence-corrected chi connectivity index (χ3v) is 4.27. The van der Waals surface area contributed by atoms with Crippen LogP contribution in [0.5, 0.6) is 0 Å². The maximum absolute atomic E-state index is 14.3. The van der Waals surface area contributed by atoms with Gasteiger partial charge in [-0.05, 0) is 25.8 Å². The first-order valence-corrected chi connectivity index (χ1v) is 7.67. The van der Waals surface area contributed by atoms with Crippen molar-refractivity contribution >= 4 is 11.9 Å². The fourth-order valence-corrected chi connectivity index (χ4v) is 3.12. The van der Waals surface area contributed by atoms with E-state index in [2.05, 4.69) is 10.6 Å². The van der Waals surface area contributed by atoms with E-state index in [1.54, 1.807) is 0 Å². The van der Waals surface area contributed by atoms with Crippen molar-refractivity contribution in [2.45, 2.75) is 50.6 Å². The van der Waals surface area contributed by atoms with Crippen molar-refractivity contribution in [3.63, 3.8) is 0 Å². The molecular weight excluding hydrogens is 304 g/mol. The van der Waals surface area contributed by atoms with Gasteiger partial charge in [0.1, 0.15) is 17.7 Å².